The first-order valence-corrected chi connectivity index (χ1v) is 11.9. The second-order valence-corrected chi connectivity index (χ2v) is 8.88. The molecule has 0 saturated heterocycles. The van der Waals surface area contributed by atoms with E-state index in [4.69, 9.17) is 4.74 Å². The van der Waals surface area contributed by atoms with E-state index in [0.717, 1.165) is 22.3 Å². The summed E-state index contributed by atoms with van der Waals surface area (Å²) in [7, 11) is 0. The van der Waals surface area contributed by atoms with Crippen LogP contribution in [0.5, 0.6) is 0 Å². The van der Waals surface area contributed by atoms with E-state index >= 15 is 0 Å². The van der Waals surface area contributed by atoms with E-state index in [-0.39, 0.29) is 18.9 Å². The Hall–Kier alpha value is -3.72. The Morgan fingerprint density at radius 3 is 2.35 bits per heavy atom. The number of thiazole rings is 1. The van der Waals surface area contributed by atoms with Crippen molar-refractivity contribution >= 4 is 34.4 Å². The van der Waals surface area contributed by atoms with Crippen LogP contribution in [0.2, 0.25) is 0 Å². The van der Waals surface area contributed by atoms with Crippen LogP contribution >= 0.6 is 11.3 Å². The summed E-state index contributed by atoms with van der Waals surface area (Å²) in [5, 5.41) is 16.2. The summed E-state index contributed by atoms with van der Waals surface area (Å²) < 4.78 is 5.51. The first-order chi connectivity index (χ1) is 16.5. The molecule has 9 heteroatoms. The Balaban J connectivity index is 1.32. The number of fused-ring (bicyclic) bond motifs is 3. The van der Waals surface area contributed by atoms with Crippen molar-refractivity contribution < 1.29 is 24.2 Å². The lowest BCUT2D eigenvalue weighted by Gasteiger charge is -2.14. The normalized spacial score (nSPS) is 13.0. The monoisotopic (exact) mass is 479 g/mol. The molecular weight excluding hydrogens is 454 g/mol. The number of carbonyl (C=O) groups excluding carboxylic acids is 2. The number of anilines is 1. The Bertz CT molecular complexity index is 1160. The summed E-state index contributed by atoms with van der Waals surface area (Å²) >= 11 is 1.17. The van der Waals surface area contributed by atoms with Crippen LogP contribution in [-0.4, -0.2) is 40.7 Å². The van der Waals surface area contributed by atoms with Gasteiger partial charge in [0.05, 0.1) is 12.1 Å². The van der Waals surface area contributed by atoms with Gasteiger partial charge >= 0.3 is 12.1 Å². The Morgan fingerprint density at radius 1 is 1.09 bits per heavy atom. The quantitative estimate of drug-likeness (QED) is 0.418. The number of carboxylic acid groups (broad SMARTS) is 1. The minimum absolute atomic E-state index is 0.0426. The maximum absolute atomic E-state index is 12.4. The second-order valence-electron chi connectivity index (χ2n) is 8.02. The molecule has 0 bridgehead atoms. The van der Waals surface area contributed by atoms with Gasteiger partial charge in [-0.15, -0.1) is 11.3 Å². The third kappa shape index (κ3) is 5.26. The number of carboxylic acids is 1. The average molecular weight is 480 g/mol. The lowest BCUT2D eigenvalue weighted by molar-refractivity contribution is -0.141. The van der Waals surface area contributed by atoms with Gasteiger partial charge in [-0.1, -0.05) is 61.9 Å². The van der Waals surface area contributed by atoms with Crippen LogP contribution in [0.15, 0.2) is 53.9 Å². The van der Waals surface area contributed by atoms with Gasteiger partial charge in [-0.3, -0.25) is 10.1 Å². The molecule has 0 saturated carbocycles. The van der Waals surface area contributed by atoms with Crippen molar-refractivity contribution in [1.82, 2.24) is 10.3 Å². The van der Waals surface area contributed by atoms with Gasteiger partial charge in [0.2, 0.25) is 5.91 Å². The minimum Gasteiger partial charge on any atom is -0.480 e. The van der Waals surface area contributed by atoms with Crippen molar-refractivity contribution in [2.75, 3.05) is 11.9 Å². The molecule has 0 fully saturated rings. The van der Waals surface area contributed by atoms with Crippen molar-refractivity contribution in [2.24, 2.45) is 0 Å². The van der Waals surface area contributed by atoms with E-state index in [2.05, 4.69) is 39.9 Å². The van der Waals surface area contributed by atoms with Gasteiger partial charge in [-0.05, 0) is 28.7 Å². The van der Waals surface area contributed by atoms with Gasteiger partial charge in [0, 0.05) is 11.3 Å². The number of carbonyl (C=O) groups is 3. The molecule has 0 unspecified atom stereocenters. The van der Waals surface area contributed by atoms with E-state index in [1.54, 1.807) is 5.38 Å². The summed E-state index contributed by atoms with van der Waals surface area (Å²) in [5.41, 5.74) is 5.00. The summed E-state index contributed by atoms with van der Waals surface area (Å²) in [6, 6.07) is 15.3. The molecule has 1 aromatic heterocycles. The molecule has 8 nitrogen and oxygen atoms in total. The highest BCUT2D eigenvalue weighted by Crippen LogP contribution is 2.44. The number of benzene rings is 2. The third-order valence-electron chi connectivity index (χ3n) is 5.66. The van der Waals surface area contributed by atoms with E-state index < -0.39 is 24.0 Å². The first kappa shape index (κ1) is 23.4. The number of amides is 2. The highest BCUT2D eigenvalue weighted by Gasteiger charge is 2.29. The Kier molecular flexibility index (Phi) is 7.22. The fourth-order valence-corrected chi connectivity index (χ4v) is 4.82. The number of nitrogens with one attached hydrogen (secondary N) is 2. The van der Waals surface area contributed by atoms with Crippen molar-refractivity contribution in [3.63, 3.8) is 0 Å². The van der Waals surface area contributed by atoms with Crippen molar-refractivity contribution in [1.29, 1.82) is 0 Å². The molecule has 1 atom stereocenters. The predicted octanol–water partition coefficient (Wildman–Crippen LogP) is 4.42. The molecule has 3 aromatic rings. The zero-order chi connectivity index (χ0) is 24.1. The Labute approximate surface area is 201 Å². The number of ether oxygens (including phenoxy) is 1. The number of hydrogen-bond acceptors (Lipinski definition) is 6. The molecule has 2 amide bonds. The zero-order valence-corrected chi connectivity index (χ0v) is 19.4. The Morgan fingerprint density at radius 2 is 1.74 bits per heavy atom. The maximum Gasteiger partial charge on any atom is 0.413 e. The SMILES string of the molecule is CCC[C@@H](NC(=O)Cc1csc(NC(=O)OCC2c3ccccc3-c3ccccc32)n1)C(=O)O. The third-order valence-corrected chi connectivity index (χ3v) is 6.46. The van der Waals surface area contributed by atoms with Gasteiger partial charge in [0.25, 0.3) is 0 Å². The minimum atomic E-state index is -1.06. The van der Waals surface area contributed by atoms with Gasteiger partial charge < -0.3 is 15.2 Å². The van der Waals surface area contributed by atoms with E-state index in [0.29, 0.717) is 23.7 Å². The van der Waals surface area contributed by atoms with E-state index in [1.807, 2.05) is 31.2 Å². The van der Waals surface area contributed by atoms with Crippen LogP contribution in [0.4, 0.5) is 9.93 Å². The van der Waals surface area contributed by atoms with Gasteiger partial charge in [-0.2, -0.15) is 0 Å². The number of aliphatic carboxylic acids is 1. The van der Waals surface area contributed by atoms with Crippen LogP contribution in [0, 0.1) is 0 Å². The maximum atomic E-state index is 12.4. The van der Waals surface area contributed by atoms with Crippen LogP contribution in [0.3, 0.4) is 0 Å². The molecule has 0 aliphatic heterocycles. The summed E-state index contributed by atoms with van der Waals surface area (Å²) in [6.07, 6.45) is 0.298. The van der Waals surface area contributed by atoms with E-state index in [1.165, 1.54) is 11.3 Å². The number of hydrogen-bond donors (Lipinski definition) is 3. The summed E-state index contributed by atoms with van der Waals surface area (Å²) in [6.45, 7) is 2.04. The molecule has 2 aromatic carbocycles. The smallest absolute Gasteiger partial charge is 0.413 e. The van der Waals surface area contributed by atoms with E-state index in [9.17, 15) is 19.5 Å². The van der Waals surface area contributed by atoms with Crippen molar-refractivity contribution in [3.05, 3.63) is 70.7 Å². The molecular formula is C25H25N3O5S. The predicted molar refractivity (Wildman–Crippen MR) is 129 cm³/mol. The standard InChI is InChI=1S/C25H25N3O5S/c1-2-7-21(23(30)31)27-22(29)12-15-14-34-24(26-15)28-25(32)33-13-20-18-10-5-3-8-16(18)17-9-4-6-11-19(17)20/h3-6,8-11,14,20-21H,2,7,12-13H2,1H3,(H,27,29)(H,30,31)(H,26,28,32)/t21-/m1/s1. The van der Waals surface area contributed by atoms with Crippen LogP contribution in [0.1, 0.15) is 42.5 Å². The molecule has 176 valence electrons. The first-order valence-electron chi connectivity index (χ1n) is 11.0. The molecule has 1 heterocycles. The summed E-state index contributed by atoms with van der Waals surface area (Å²) in [5.74, 6) is -1.54. The molecule has 0 spiro atoms. The molecule has 0 radical (unpaired) electrons. The fraction of sp³-hybridized carbons (Fsp3) is 0.280. The van der Waals surface area contributed by atoms with Crippen LogP contribution in [0.25, 0.3) is 11.1 Å². The topological polar surface area (TPSA) is 118 Å². The largest absolute Gasteiger partial charge is 0.480 e. The molecule has 1 aliphatic carbocycles. The van der Waals surface area contributed by atoms with Gasteiger partial charge in [-0.25, -0.2) is 14.6 Å². The number of rotatable bonds is 9. The van der Waals surface area contributed by atoms with Crippen molar-refractivity contribution in [2.45, 2.75) is 38.1 Å². The number of nitrogens with zero attached hydrogens (tertiary/aromatic N) is 1. The summed E-state index contributed by atoms with van der Waals surface area (Å²) in [4.78, 5) is 40.0. The lowest BCUT2D eigenvalue weighted by atomic mass is 9.98. The molecule has 1 aliphatic rings. The zero-order valence-electron chi connectivity index (χ0n) is 18.6. The molecule has 4 rings (SSSR count). The average Bonchev–Trinajstić information content (AvgIpc) is 3.39. The van der Waals surface area contributed by atoms with Gasteiger partial charge in [0.15, 0.2) is 5.13 Å². The second kappa shape index (κ2) is 10.5. The highest BCUT2D eigenvalue weighted by molar-refractivity contribution is 7.13. The lowest BCUT2D eigenvalue weighted by Crippen LogP contribution is -2.41. The molecule has 3 N–H and O–H groups in total. The fourth-order valence-electron chi connectivity index (χ4n) is 4.12. The van der Waals surface area contributed by atoms with Gasteiger partial charge in [0.1, 0.15) is 12.6 Å². The van der Waals surface area contributed by atoms with Crippen LogP contribution in [-0.2, 0) is 20.7 Å². The number of aromatic nitrogens is 1. The van der Waals surface area contributed by atoms with Crippen LogP contribution < -0.4 is 10.6 Å². The molecule has 34 heavy (non-hydrogen) atoms. The van der Waals surface area contributed by atoms with Crippen molar-refractivity contribution in [3.8, 4) is 11.1 Å². The highest BCUT2D eigenvalue weighted by atomic mass is 32.1.